The molecule has 0 bridgehead atoms. The van der Waals surface area contributed by atoms with Crippen molar-refractivity contribution < 1.29 is 45.5 Å². The molecule has 2 aromatic heterocycles. The SMILES string of the molecule is O=C(CCc1ccc([C@@H]2C[C@@]2(NS(=O)(=O)c2ccc(-c3cc(C(F)(F)F)on3)s2)C(=O)O)cc1)N1CCOCC1. The first-order valence-corrected chi connectivity index (χ1v) is 14.5. The number of carboxylic acids is 1. The lowest BCUT2D eigenvalue weighted by Gasteiger charge is -2.26. The van der Waals surface area contributed by atoms with Gasteiger partial charge in [0, 0.05) is 31.5 Å². The van der Waals surface area contributed by atoms with Crippen LogP contribution in [0.5, 0.6) is 0 Å². The molecule has 40 heavy (non-hydrogen) atoms. The standard InChI is InChI=1S/C25H24F3N3O7S2/c26-25(27,28)20-13-18(29-38-20)19-6-8-22(39-19)40(35,36)30-24(23(33)34)14-17(24)16-4-1-15(2-5-16)3-7-21(32)31-9-11-37-12-10-31/h1-2,4-6,8,13,17,30H,3,7,9-12,14H2,(H,33,34)/t17-,24-/m0/s1. The molecule has 5 rings (SSSR count). The number of hydrogen-bond acceptors (Lipinski definition) is 8. The van der Waals surface area contributed by atoms with Crippen molar-refractivity contribution in [2.75, 3.05) is 26.3 Å². The van der Waals surface area contributed by atoms with Crippen molar-refractivity contribution in [2.45, 2.75) is 41.1 Å². The fraction of sp³-hybridized carbons (Fsp3) is 0.400. The lowest BCUT2D eigenvalue weighted by molar-refractivity contribution is -0.155. The van der Waals surface area contributed by atoms with Crippen molar-refractivity contribution in [2.24, 2.45) is 0 Å². The number of aromatic nitrogens is 1. The first kappa shape index (κ1) is 28.3. The molecule has 1 saturated carbocycles. The number of aryl methyl sites for hydroxylation is 1. The minimum absolute atomic E-state index is 0.0207. The molecule has 0 unspecified atom stereocenters. The largest absolute Gasteiger partial charge is 0.480 e. The fourth-order valence-electron chi connectivity index (χ4n) is 4.61. The topological polar surface area (TPSA) is 139 Å². The van der Waals surface area contributed by atoms with Crippen LogP contribution in [0.25, 0.3) is 10.6 Å². The van der Waals surface area contributed by atoms with Gasteiger partial charge in [0.2, 0.25) is 11.7 Å². The summed E-state index contributed by atoms with van der Waals surface area (Å²) in [5.74, 6) is -3.26. The average Bonchev–Trinajstić information content (AvgIpc) is 3.27. The number of ether oxygens (including phenoxy) is 1. The molecule has 2 fully saturated rings. The van der Waals surface area contributed by atoms with Crippen LogP contribution in [0.15, 0.2) is 51.2 Å². The molecule has 1 aromatic carbocycles. The van der Waals surface area contributed by atoms with Crippen molar-refractivity contribution in [1.29, 1.82) is 0 Å². The van der Waals surface area contributed by atoms with Crippen molar-refractivity contribution in [3.63, 3.8) is 0 Å². The minimum Gasteiger partial charge on any atom is -0.480 e. The summed E-state index contributed by atoms with van der Waals surface area (Å²) in [5, 5.41) is 13.3. The molecule has 10 nitrogen and oxygen atoms in total. The van der Waals surface area contributed by atoms with Crippen molar-refractivity contribution in [1.82, 2.24) is 14.8 Å². The molecular weight excluding hydrogens is 575 g/mol. The summed E-state index contributed by atoms with van der Waals surface area (Å²) < 4.78 is 76.2. The quantitative estimate of drug-likeness (QED) is 0.381. The Morgan fingerprint density at radius 3 is 2.48 bits per heavy atom. The van der Waals surface area contributed by atoms with Gasteiger partial charge in [0.1, 0.15) is 15.4 Å². The van der Waals surface area contributed by atoms with Crippen LogP contribution in [0, 0.1) is 0 Å². The first-order valence-electron chi connectivity index (χ1n) is 12.2. The van der Waals surface area contributed by atoms with Gasteiger partial charge in [0.15, 0.2) is 0 Å². The van der Waals surface area contributed by atoms with Gasteiger partial charge in [-0.1, -0.05) is 29.4 Å². The number of nitrogens with zero attached hydrogens (tertiary/aromatic N) is 2. The molecule has 1 aliphatic carbocycles. The molecule has 3 heterocycles. The third kappa shape index (κ3) is 5.77. The second-order valence-corrected chi connectivity index (χ2v) is 12.6. The maximum absolute atomic E-state index is 13.1. The number of nitrogens with one attached hydrogen (secondary N) is 1. The van der Waals surface area contributed by atoms with Crippen LogP contribution < -0.4 is 4.72 Å². The predicted molar refractivity (Wildman–Crippen MR) is 135 cm³/mol. The molecule has 2 N–H and O–H groups in total. The van der Waals surface area contributed by atoms with Crippen molar-refractivity contribution >= 4 is 33.2 Å². The molecule has 2 atom stereocenters. The van der Waals surface area contributed by atoms with Crippen molar-refractivity contribution in [3.05, 3.63) is 59.4 Å². The van der Waals surface area contributed by atoms with Gasteiger partial charge in [0.05, 0.1) is 18.1 Å². The summed E-state index contributed by atoms with van der Waals surface area (Å²) in [5.41, 5.74) is -0.445. The predicted octanol–water partition coefficient (Wildman–Crippen LogP) is 3.50. The Morgan fingerprint density at radius 1 is 1.15 bits per heavy atom. The number of carbonyl (C=O) groups is 2. The van der Waals surface area contributed by atoms with E-state index in [1.165, 1.54) is 12.1 Å². The molecule has 0 radical (unpaired) electrons. The van der Waals surface area contributed by atoms with E-state index >= 15 is 0 Å². The lowest BCUT2D eigenvalue weighted by atomic mass is 10.0. The highest BCUT2D eigenvalue weighted by atomic mass is 32.2. The Labute approximate surface area is 230 Å². The highest BCUT2D eigenvalue weighted by Crippen LogP contribution is 2.52. The van der Waals surface area contributed by atoms with Crippen LogP contribution in [0.4, 0.5) is 13.2 Å². The Bertz CT molecular complexity index is 1510. The van der Waals surface area contributed by atoms with Gasteiger partial charge in [-0.2, -0.15) is 17.9 Å². The Kier molecular flexibility index (Phi) is 7.50. The van der Waals surface area contributed by atoms with Crippen LogP contribution in [-0.2, 0) is 36.9 Å². The minimum atomic E-state index is -4.74. The van der Waals surface area contributed by atoms with Crippen LogP contribution in [0.3, 0.4) is 0 Å². The first-order chi connectivity index (χ1) is 18.9. The molecule has 1 amide bonds. The van der Waals surface area contributed by atoms with E-state index in [0.717, 1.165) is 5.56 Å². The number of aliphatic carboxylic acids is 1. The Balaban J connectivity index is 1.25. The number of thiophene rings is 1. The summed E-state index contributed by atoms with van der Waals surface area (Å²) in [6, 6.07) is 10.1. The van der Waals surface area contributed by atoms with E-state index in [0.29, 0.717) is 62.1 Å². The summed E-state index contributed by atoms with van der Waals surface area (Å²) in [4.78, 5) is 26.4. The third-order valence-electron chi connectivity index (χ3n) is 6.92. The third-order valence-corrected chi connectivity index (χ3v) is 10.0. The Morgan fingerprint density at radius 2 is 1.85 bits per heavy atom. The van der Waals surface area contributed by atoms with E-state index in [9.17, 15) is 36.3 Å². The van der Waals surface area contributed by atoms with Gasteiger partial charge in [0.25, 0.3) is 10.0 Å². The van der Waals surface area contributed by atoms with E-state index in [1.54, 1.807) is 29.2 Å². The van der Waals surface area contributed by atoms with Crippen LogP contribution in [-0.4, -0.2) is 67.3 Å². The average molecular weight is 600 g/mol. The van der Waals surface area contributed by atoms with Gasteiger partial charge in [-0.15, -0.1) is 11.3 Å². The van der Waals surface area contributed by atoms with E-state index in [2.05, 4.69) is 14.4 Å². The molecular formula is C25H24F3N3O7S2. The van der Waals surface area contributed by atoms with Gasteiger partial charge < -0.3 is 19.3 Å². The fourth-order valence-corrected chi connectivity index (χ4v) is 7.28. The van der Waals surface area contributed by atoms with Gasteiger partial charge >= 0.3 is 12.1 Å². The number of halogens is 3. The normalized spacial score (nSPS) is 21.4. The zero-order chi connectivity index (χ0) is 28.7. The zero-order valence-electron chi connectivity index (χ0n) is 20.8. The highest BCUT2D eigenvalue weighted by Gasteiger charge is 2.63. The van der Waals surface area contributed by atoms with Gasteiger partial charge in [-0.25, -0.2) is 8.42 Å². The molecule has 3 aromatic rings. The second-order valence-electron chi connectivity index (χ2n) is 9.57. The van der Waals surface area contributed by atoms with Gasteiger partial charge in [-0.05, 0) is 36.1 Å². The number of rotatable bonds is 9. The molecule has 1 saturated heterocycles. The maximum atomic E-state index is 13.1. The van der Waals surface area contributed by atoms with E-state index in [-0.39, 0.29) is 27.1 Å². The lowest BCUT2D eigenvalue weighted by Crippen LogP contribution is -2.44. The smallest absolute Gasteiger partial charge is 0.452 e. The highest BCUT2D eigenvalue weighted by molar-refractivity contribution is 7.91. The van der Waals surface area contributed by atoms with Crippen molar-refractivity contribution in [3.8, 4) is 10.6 Å². The molecule has 0 spiro atoms. The number of carbonyl (C=O) groups excluding carboxylic acids is 1. The van der Waals surface area contributed by atoms with Gasteiger partial charge in [-0.3, -0.25) is 9.59 Å². The summed E-state index contributed by atoms with van der Waals surface area (Å²) in [7, 11) is -4.33. The van der Waals surface area contributed by atoms with E-state index in [4.69, 9.17) is 4.74 Å². The Hall–Kier alpha value is -3.27. The second kappa shape index (κ2) is 10.6. The number of carboxylic acid groups (broad SMARTS) is 1. The van der Waals surface area contributed by atoms with Crippen LogP contribution in [0.1, 0.15) is 35.6 Å². The zero-order valence-corrected chi connectivity index (χ0v) is 22.4. The number of benzene rings is 1. The monoisotopic (exact) mass is 599 g/mol. The molecule has 2 aliphatic rings. The number of alkyl halides is 3. The van der Waals surface area contributed by atoms with E-state index in [1.807, 2.05) is 0 Å². The van der Waals surface area contributed by atoms with Crippen LogP contribution >= 0.6 is 11.3 Å². The number of sulfonamides is 1. The maximum Gasteiger partial charge on any atom is 0.452 e. The summed E-state index contributed by atoms with van der Waals surface area (Å²) in [6.07, 6.45) is -3.88. The molecule has 1 aliphatic heterocycles. The van der Waals surface area contributed by atoms with E-state index < -0.39 is 39.4 Å². The molecule has 15 heteroatoms. The van der Waals surface area contributed by atoms with Crippen LogP contribution in [0.2, 0.25) is 0 Å². The number of morpholine rings is 1. The number of amides is 1. The molecule has 214 valence electrons. The number of hydrogen-bond donors (Lipinski definition) is 2. The summed E-state index contributed by atoms with van der Waals surface area (Å²) >= 11 is 0.643. The summed E-state index contributed by atoms with van der Waals surface area (Å²) in [6.45, 7) is 2.18.